The molecule has 0 spiro atoms. The number of nitrogens with zero attached hydrogens (tertiary/aromatic N) is 3. The second-order valence-electron chi connectivity index (χ2n) is 6.85. The van der Waals surface area contributed by atoms with Crippen LogP contribution in [-0.4, -0.2) is 46.2 Å². The lowest BCUT2D eigenvalue weighted by Crippen LogP contribution is -2.61. The molecule has 2 saturated heterocycles. The fourth-order valence-electron chi connectivity index (χ4n) is 3.31. The molecule has 2 heterocycles. The van der Waals surface area contributed by atoms with Crippen LogP contribution in [-0.2, 0) is 4.79 Å². The third-order valence-electron chi connectivity index (χ3n) is 4.70. The average molecular weight is 331 g/mol. The zero-order chi connectivity index (χ0) is 16.9. The van der Waals surface area contributed by atoms with Crippen LogP contribution in [0.25, 0.3) is 0 Å². The summed E-state index contributed by atoms with van der Waals surface area (Å²) < 4.78 is -0.307. The van der Waals surface area contributed by atoms with Gasteiger partial charge >= 0.3 is 0 Å². The van der Waals surface area contributed by atoms with E-state index in [1.165, 1.54) is 0 Å². The SMILES string of the molecule is CN(C)c1ccc(C(O)[C@@H]2C(=O)N3[C@@H]2SC(C)(C)[C@@H]3C#N)cc1. The topological polar surface area (TPSA) is 67.6 Å². The number of fused-ring (bicyclic) bond motifs is 1. The maximum absolute atomic E-state index is 12.5. The van der Waals surface area contributed by atoms with E-state index in [1.54, 1.807) is 16.7 Å². The van der Waals surface area contributed by atoms with E-state index in [1.807, 2.05) is 57.1 Å². The number of anilines is 1. The molecule has 2 aliphatic heterocycles. The molecule has 1 aromatic rings. The van der Waals surface area contributed by atoms with Crippen LogP contribution in [0, 0.1) is 17.2 Å². The number of thioether (sulfide) groups is 1. The molecule has 1 aromatic carbocycles. The Bertz CT molecular complexity index is 665. The van der Waals surface area contributed by atoms with Gasteiger partial charge in [0.1, 0.15) is 6.04 Å². The van der Waals surface area contributed by atoms with Gasteiger partial charge in [0.05, 0.1) is 23.5 Å². The molecule has 4 atom stereocenters. The number of hydrogen-bond acceptors (Lipinski definition) is 5. The van der Waals surface area contributed by atoms with Crippen LogP contribution in [0.1, 0.15) is 25.5 Å². The van der Waals surface area contributed by atoms with E-state index >= 15 is 0 Å². The predicted octanol–water partition coefficient (Wildman–Crippen LogP) is 1.99. The first-order chi connectivity index (χ1) is 10.8. The van der Waals surface area contributed by atoms with Gasteiger partial charge in [-0.1, -0.05) is 12.1 Å². The van der Waals surface area contributed by atoms with Crippen molar-refractivity contribution in [1.82, 2.24) is 4.90 Å². The smallest absolute Gasteiger partial charge is 0.233 e. The number of carbonyl (C=O) groups excluding carboxylic acids is 1. The highest BCUT2D eigenvalue weighted by molar-refractivity contribution is 8.01. The Balaban J connectivity index is 1.81. The summed E-state index contributed by atoms with van der Waals surface area (Å²) in [5.74, 6) is -0.591. The Morgan fingerprint density at radius 1 is 1.35 bits per heavy atom. The molecule has 2 aliphatic rings. The van der Waals surface area contributed by atoms with Crippen molar-refractivity contribution >= 4 is 23.4 Å². The van der Waals surface area contributed by atoms with Crippen LogP contribution in [0.3, 0.4) is 0 Å². The van der Waals surface area contributed by atoms with Crippen LogP contribution in [0.5, 0.6) is 0 Å². The van der Waals surface area contributed by atoms with Crippen molar-refractivity contribution in [2.75, 3.05) is 19.0 Å². The van der Waals surface area contributed by atoms with Crippen LogP contribution >= 0.6 is 11.8 Å². The number of aliphatic hydroxyl groups is 1. The van der Waals surface area contributed by atoms with Crippen molar-refractivity contribution in [3.63, 3.8) is 0 Å². The van der Waals surface area contributed by atoms with Crippen molar-refractivity contribution < 1.29 is 9.90 Å². The summed E-state index contributed by atoms with van der Waals surface area (Å²) in [6.45, 7) is 3.96. The van der Waals surface area contributed by atoms with Crippen molar-refractivity contribution in [2.45, 2.75) is 36.1 Å². The summed E-state index contributed by atoms with van der Waals surface area (Å²) in [5, 5.41) is 19.9. The molecular formula is C17H21N3O2S. The zero-order valence-electron chi connectivity index (χ0n) is 13.7. The molecule has 6 heteroatoms. The van der Waals surface area contributed by atoms with Gasteiger partial charge in [0.2, 0.25) is 5.91 Å². The van der Waals surface area contributed by atoms with Gasteiger partial charge in [0, 0.05) is 24.5 Å². The van der Waals surface area contributed by atoms with Crippen molar-refractivity contribution in [1.29, 1.82) is 5.26 Å². The molecular weight excluding hydrogens is 310 g/mol. The Morgan fingerprint density at radius 3 is 2.48 bits per heavy atom. The number of carbonyl (C=O) groups is 1. The minimum absolute atomic E-state index is 0.120. The van der Waals surface area contributed by atoms with Gasteiger partial charge in [-0.25, -0.2) is 0 Å². The standard InChI is InChI=1S/C17H21N3O2S/c1-17(2)12(9-18)20-15(22)13(16(20)23-17)14(21)10-5-7-11(8-6-10)19(3)4/h5-8,12-14,16,21H,1-4H3/t12-,13+,14?,16+/m0/s1. The summed E-state index contributed by atoms with van der Waals surface area (Å²) in [5.41, 5.74) is 1.79. The quantitative estimate of drug-likeness (QED) is 0.858. The van der Waals surface area contributed by atoms with Crippen molar-refractivity contribution in [3.8, 4) is 6.07 Å². The molecule has 1 amide bonds. The largest absolute Gasteiger partial charge is 0.387 e. The van der Waals surface area contributed by atoms with Crippen molar-refractivity contribution in [2.24, 2.45) is 5.92 Å². The molecule has 1 N–H and O–H groups in total. The first kappa shape index (κ1) is 16.2. The Kier molecular flexibility index (Phi) is 3.81. The van der Waals surface area contributed by atoms with Crippen LogP contribution in [0.15, 0.2) is 24.3 Å². The minimum Gasteiger partial charge on any atom is -0.387 e. The van der Waals surface area contributed by atoms with Crippen LogP contribution in [0.4, 0.5) is 5.69 Å². The van der Waals surface area contributed by atoms with Gasteiger partial charge < -0.3 is 14.9 Å². The molecule has 2 fully saturated rings. The second-order valence-corrected chi connectivity index (χ2v) is 8.62. The van der Waals surface area contributed by atoms with E-state index in [-0.39, 0.29) is 16.0 Å². The molecule has 3 rings (SSSR count). The molecule has 23 heavy (non-hydrogen) atoms. The highest BCUT2D eigenvalue weighted by atomic mass is 32.2. The second kappa shape index (κ2) is 5.43. The lowest BCUT2D eigenvalue weighted by atomic mass is 9.85. The highest BCUT2D eigenvalue weighted by Gasteiger charge is 2.63. The molecule has 1 unspecified atom stereocenters. The summed E-state index contributed by atoms with van der Waals surface area (Å²) in [6, 6.07) is 9.40. The number of benzene rings is 1. The van der Waals surface area contributed by atoms with E-state index in [9.17, 15) is 15.2 Å². The molecule has 0 radical (unpaired) electrons. The molecule has 0 bridgehead atoms. The van der Waals surface area contributed by atoms with Gasteiger partial charge in [-0.15, -0.1) is 11.8 Å². The van der Waals surface area contributed by atoms with E-state index in [0.29, 0.717) is 0 Å². The summed E-state index contributed by atoms with van der Waals surface area (Å²) in [4.78, 5) is 16.1. The Morgan fingerprint density at radius 2 is 1.96 bits per heavy atom. The normalized spacial score (nSPS) is 29.5. The third-order valence-corrected chi connectivity index (χ3v) is 6.29. The fourth-order valence-corrected chi connectivity index (χ4v) is 4.98. The molecule has 5 nitrogen and oxygen atoms in total. The maximum Gasteiger partial charge on any atom is 0.233 e. The minimum atomic E-state index is -0.833. The number of rotatable bonds is 3. The van der Waals surface area contributed by atoms with Gasteiger partial charge in [0.15, 0.2) is 0 Å². The average Bonchev–Trinajstić information content (AvgIpc) is 2.74. The Labute approximate surface area is 140 Å². The third kappa shape index (κ3) is 2.39. The van der Waals surface area contributed by atoms with Gasteiger partial charge in [-0.05, 0) is 31.5 Å². The summed E-state index contributed by atoms with van der Waals surface area (Å²) in [6.07, 6.45) is -0.833. The summed E-state index contributed by atoms with van der Waals surface area (Å²) >= 11 is 1.61. The monoisotopic (exact) mass is 331 g/mol. The number of hydrogen-bond donors (Lipinski definition) is 1. The molecule has 0 saturated carbocycles. The number of amides is 1. The number of nitriles is 1. The maximum atomic E-state index is 12.5. The predicted molar refractivity (Wildman–Crippen MR) is 90.9 cm³/mol. The van der Waals surface area contributed by atoms with Crippen LogP contribution < -0.4 is 4.90 Å². The zero-order valence-corrected chi connectivity index (χ0v) is 14.5. The van der Waals surface area contributed by atoms with Gasteiger partial charge in [-0.2, -0.15) is 5.26 Å². The fraction of sp³-hybridized carbons (Fsp3) is 0.529. The van der Waals surface area contributed by atoms with Gasteiger partial charge in [-0.3, -0.25) is 4.79 Å². The van der Waals surface area contributed by atoms with E-state index in [2.05, 4.69) is 6.07 Å². The molecule has 0 aromatic heterocycles. The highest BCUT2D eigenvalue weighted by Crippen LogP contribution is 2.55. The number of β-lactam (4-membered cyclic amide) rings is 1. The van der Waals surface area contributed by atoms with E-state index < -0.39 is 18.1 Å². The lowest BCUT2D eigenvalue weighted by Gasteiger charge is -2.45. The number of aliphatic hydroxyl groups excluding tert-OH is 1. The Hall–Kier alpha value is -1.71. The van der Waals surface area contributed by atoms with E-state index in [4.69, 9.17) is 0 Å². The molecule has 0 aliphatic carbocycles. The first-order valence-electron chi connectivity index (χ1n) is 7.63. The molecule has 122 valence electrons. The summed E-state index contributed by atoms with van der Waals surface area (Å²) in [7, 11) is 3.91. The van der Waals surface area contributed by atoms with E-state index in [0.717, 1.165) is 11.3 Å². The first-order valence-corrected chi connectivity index (χ1v) is 8.51. The van der Waals surface area contributed by atoms with Gasteiger partial charge in [0.25, 0.3) is 0 Å². The lowest BCUT2D eigenvalue weighted by molar-refractivity contribution is -0.159. The van der Waals surface area contributed by atoms with Crippen LogP contribution in [0.2, 0.25) is 0 Å². The van der Waals surface area contributed by atoms with Crippen molar-refractivity contribution in [3.05, 3.63) is 29.8 Å².